The van der Waals surface area contributed by atoms with Crippen molar-refractivity contribution in [2.45, 2.75) is 38.8 Å². The lowest BCUT2D eigenvalue weighted by molar-refractivity contribution is -0.148. The third-order valence-corrected chi connectivity index (χ3v) is 3.92. The van der Waals surface area contributed by atoms with Crippen LogP contribution in [0.25, 0.3) is 0 Å². The number of rotatable bonds is 1. The molecule has 7 nitrogen and oxygen atoms in total. The fourth-order valence-corrected chi connectivity index (χ4v) is 2.63. The van der Waals surface area contributed by atoms with Gasteiger partial charge in [0, 0.05) is 31.9 Å². The topological polar surface area (TPSA) is 88.8 Å². The van der Waals surface area contributed by atoms with Crippen molar-refractivity contribution in [1.29, 1.82) is 0 Å². The lowest BCUT2D eigenvalue weighted by Crippen LogP contribution is -2.63. The van der Waals surface area contributed by atoms with Gasteiger partial charge < -0.3 is 15.4 Å². The summed E-state index contributed by atoms with van der Waals surface area (Å²) in [5, 5.41) is 0. The van der Waals surface area contributed by atoms with Crippen LogP contribution in [0, 0.1) is 0 Å². The maximum Gasteiger partial charge on any atom is 0.411 e. The summed E-state index contributed by atoms with van der Waals surface area (Å²) in [6.07, 6.45) is 1.02. The first kappa shape index (κ1) is 17.1. The first-order valence-electron chi connectivity index (χ1n) is 7.54. The third kappa shape index (κ3) is 3.23. The minimum Gasteiger partial charge on any atom is -0.444 e. The van der Waals surface area contributed by atoms with Gasteiger partial charge in [0.2, 0.25) is 0 Å². The molecule has 1 unspecified atom stereocenters. The molecule has 1 aromatic heterocycles. The quantitative estimate of drug-likeness (QED) is 0.849. The third-order valence-electron chi connectivity index (χ3n) is 3.92. The van der Waals surface area contributed by atoms with Crippen LogP contribution in [-0.2, 0) is 15.1 Å². The van der Waals surface area contributed by atoms with Crippen LogP contribution in [0.4, 0.5) is 10.6 Å². The Hall–Kier alpha value is -2.31. The molecular weight excluding hydrogens is 296 g/mol. The summed E-state index contributed by atoms with van der Waals surface area (Å²) in [6, 6.07) is 3.34. The number of hydrogen-bond donors (Lipinski definition) is 1. The number of nitrogens with zero attached hydrogens (tertiary/aromatic N) is 3. The molecule has 0 saturated carbocycles. The first-order valence-corrected chi connectivity index (χ1v) is 7.54. The zero-order valence-corrected chi connectivity index (χ0v) is 14.3. The number of carbonyl (C=O) groups is 2. The van der Waals surface area contributed by atoms with Crippen LogP contribution in [0.1, 0.15) is 33.3 Å². The van der Waals surface area contributed by atoms with E-state index in [1.807, 2.05) is 0 Å². The molecule has 1 aromatic rings. The van der Waals surface area contributed by atoms with Crippen LogP contribution < -0.4 is 5.73 Å². The highest BCUT2D eigenvalue weighted by molar-refractivity contribution is 5.91. The molecule has 2 heterocycles. The smallest absolute Gasteiger partial charge is 0.411 e. The molecule has 0 aromatic carbocycles. The van der Waals surface area contributed by atoms with Crippen molar-refractivity contribution in [2.24, 2.45) is 0 Å². The maximum atomic E-state index is 12.8. The fraction of sp³-hybridized carbons (Fsp3) is 0.562. The highest BCUT2D eigenvalue weighted by atomic mass is 16.6. The molecule has 1 aliphatic heterocycles. The van der Waals surface area contributed by atoms with Crippen LogP contribution in [0.15, 0.2) is 18.3 Å². The van der Waals surface area contributed by atoms with Crippen molar-refractivity contribution < 1.29 is 14.3 Å². The van der Waals surface area contributed by atoms with Crippen LogP contribution >= 0.6 is 0 Å². The Balaban J connectivity index is 2.45. The molecule has 7 heteroatoms. The van der Waals surface area contributed by atoms with Crippen molar-refractivity contribution in [3.8, 4) is 0 Å². The summed E-state index contributed by atoms with van der Waals surface area (Å²) in [4.78, 5) is 32.6. The van der Waals surface area contributed by atoms with Gasteiger partial charge in [-0.25, -0.2) is 9.78 Å². The standard InChI is InChI=1S/C16H24N4O3/c1-15(2,3)23-14(22)20-9-8-19(5)13(21)16(20,4)11-6-7-12(17)18-10-11/h6-7,10H,8-9H2,1-5H3,(H2,17,18). The van der Waals surface area contributed by atoms with E-state index in [9.17, 15) is 9.59 Å². The number of piperazine rings is 1. The largest absolute Gasteiger partial charge is 0.444 e. The van der Waals surface area contributed by atoms with Crippen LogP contribution in [0.5, 0.6) is 0 Å². The molecule has 0 bridgehead atoms. The minimum absolute atomic E-state index is 0.179. The summed E-state index contributed by atoms with van der Waals surface area (Å²) in [7, 11) is 1.72. The van der Waals surface area contributed by atoms with Crippen molar-refractivity contribution in [3.63, 3.8) is 0 Å². The molecule has 0 radical (unpaired) electrons. The van der Waals surface area contributed by atoms with Crippen molar-refractivity contribution in [1.82, 2.24) is 14.8 Å². The van der Waals surface area contributed by atoms with Gasteiger partial charge in [0.1, 0.15) is 17.0 Å². The first-order chi connectivity index (χ1) is 10.6. The van der Waals surface area contributed by atoms with E-state index in [1.165, 1.54) is 11.1 Å². The average molecular weight is 320 g/mol. The number of likely N-dealkylation sites (N-methyl/N-ethyl adjacent to an activating group) is 1. The number of amides is 2. The Morgan fingerprint density at radius 3 is 2.52 bits per heavy atom. The Morgan fingerprint density at radius 2 is 2.00 bits per heavy atom. The van der Waals surface area contributed by atoms with Gasteiger partial charge in [-0.15, -0.1) is 0 Å². The van der Waals surface area contributed by atoms with E-state index in [1.54, 1.807) is 51.8 Å². The SMILES string of the molecule is CN1CCN(C(=O)OC(C)(C)C)C(C)(c2ccc(N)nc2)C1=O. The average Bonchev–Trinajstić information content (AvgIpc) is 2.43. The monoisotopic (exact) mass is 320 g/mol. The normalized spacial score (nSPS) is 22.2. The van der Waals surface area contributed by atoms with Gasteiger partial charge in [0.05, 0.1) is 0 Å². The Labute approximate surface area is 136 Å². The van der Waals surface area contributed by atoms with Gasteiger partial charge >= 0.3 is 6.09 Å². The number of aromatic nitrogens is 1. The van der Waals surface area contributed by atoms with Gasteiger partial charge in [-0.3, -0.25) is 9.69 Å². The second-order valence-corrected chi connectivity index (χ2v) is 6.90. The van der Waals surface area contributed by atoms with Crippen molar-refractivity contribution >= 4 is 17.8 Å². The highest BCUT2D eigenvalue weighted by Crippen LogP contribution is 2.34. The highest BCUT2D eigenvalue weighted by Gasteiger charge is 2.49. The van der Waals surface area contributed by atoms with E-state index in [4.69, 9.17) is 10.5 Å². The molecule has 126 valence electrons. The molecule has 2 N–H and O–H groups in total. The molecule has 1 fully saturated rings. The number of carbonyl (C=O) groups excluding carboxylic acids is 2. The number of anilines is 1. The van der Waals surface area contributed by atoms with Crippen LogP contribution in [0.3, 0.4) is 0 Å². The minimum atomic E-state index is -1.17. The van der Waals surface area contributed by atoms with E-state index in [0.717, 1.165) is 0 Å². The molecule has 0 aliphatic carbocycles. The number of nitrogen functional groups attached to an aromatic ring is 1. The number of hydrogen-bond acceptors (Lipinski definition) is 5. The zero-order chi connectivity index (χ0) is 17.4. The lowest BCUT2D eigenvalue weighted by atomic mass is 9.88. The fourth-order valence-electron chi connectivity index (χ4n) is 2.63. The van der Waals surface area contributed by atoms with Gasteiger partial charge in [-0.2, -0.15) is 0 Å². The van der Waals surface area contributed by atoms with Crippen molar-refractivity contribution in [3.05, 3.63) is 23.9 Å². The predicted molar refractivity (Wildman–Crippen MR) is 86.6 cm³/mol. The summed E-state index contributed by atoms with van der Waals surface area (Å²) < 4.78 is 5.47. The molecule has 1 aliphatic rings. The maximum absolute atomic E-state index is 12.8. The number of nitrogens with two attached hydrogens (primary N) is 1. The Bertz CT molecular complexity index is 609. The van der Waals surface area contributed by atoms with E-state index in [2.05, 4.69) is 4.98 Å². The summed E-state index contributed by atoms with van der Waals surface area (Å²) in [5.74, 6) is 0.180. The zero-order valence-electron chi connectivity index (χ0n) is 14.3. The second kappa shape index (κ2) is 5.72. The molecular formula is C16H24N4O3. The summed E-state index contributed by atoms with van der Waals surface area (Å²) >= 11 is 0. The number of pyridine rings is 1. The van der Waals surface area contributed by atoms with Crippen LogP contribution in [-0.4, -0.2) is 52.5 Å². The van der Waals surface area contributed by atoms with Gasteiger partial charge in [0.25, 0.3) is 5.91 Å². The lowest BCUT2D eigenvalue weighted by Gasteiger charge is -2.46. The molecule has 0 spiro atoms. The van der Waals surface area contributed by atoms with E-state index in [0.29, 0.717) is 24.5 Å². The van der Waals surface area contributed by atoms with E-state index < -0.39 is 17.2 Å². The van der Waals surface area contributed by atoms with Gasteiger partial charge in [0.15, 0.2) is 0 Å². The second-order valence-electron chi connectivity index (χ2n) is 6.90. The summed E-state index contributed by atoms with van der Waals surface area (Å²) in [5.41, 5.74) is 4.43. The molecule has 1 saturated heterocycles. The molecule has 1 atom stereocenters. The van der Waals surface area contributed by atoms with Gasteiger partial charge in [-0.05, 0) is 33.8 Å². The summed E-state index contributed by atoms with van der Waals surface area (Å²) in [6.45, 7) is 7.94. The van der Waals surface area contributed by atoms with Crippen LogP contribution in [0.2, 0.25) is 0 Å². The van der Waals surface area contributed by atoms with Gasteiger partial charge in [-0.1, -0.05) is 6.07 Å². The predicted octanol–water partition coefficient (Wildman–Crippen LogP) is 1.59. The van der Waals surface area contributed by atoms with E-state index >= 15 is 0 Å². The van der Waals surface area contributed by atoms with E-state index in [-0.39, 0.29) is 5.91 Å². The Morgan fingerprint density at radius 1 is 1.35 bits per heavy atom. The van der Waals surface area contributed by atoms with Crippen molar-refractivity contribution in [2.75, 3.05) is 25.9 Å². The number of ether oxygens (including phenoxy) is 1. The molecule has 2 rings (SSSR count). The Kier molecular flexibility index (Phi) is 4.24. The molecule has 23 heavy (non-hydrogen) atoms. The molecule has 2 amide bonds.